The van der Waals surface area contributed by atoms with Gasteiger partial charge < -0.3 is 9.84 Å². The van der Waals surface area contributed by atoms with Crippen molar-refractivity contribution >= 4 is 35.1 Å². The quantitative estimate of drug-likeness (QED) is 0.843. The fourth-order valence-corrected chi connectivity index (χ4v) is 2.89. The monoisotopic (exact) mass is 310 g/mol. The molecule has 1 N–H and O–H groups in total. The molecule has 0 aliphatic rings. The molecule has 106 valence electrons. The topological polar surface area (TPSA) is 55.1 Å². The van der Waals surface area contributed by atoms with Gasteiger partial charge in [-0.05, 0) is 25.5 Å². The number of halogens is 1. The molecule has 0 fully saturated rings. The van der Waals surface area contributed by atoms with Gasteiger partial charge in [-0.1, -0.05) is 35.8 Å². The number of nitrogens with zero attached hydrogens (tertiary/aromatic N) is 1. The van der Waals surface area contributed by atoms with E-state index >= 15 is 0 Å². The molecular formula is C14H15ClN2O2S. The first-order valence-corrected chi connectivity index (χ1v) is 7.51. The van der Waals surface area contributed by atoms with Crippen LogP contribution in [0, 0.1) is 6.92 Å². The molecule has 0 bridgehead atoms. The van der Waals surface area contributed by atoms with Gasteiger partial charge >= 0.3 is 0 Å². The fourth-order valence-electron chi connectivity index (χ4n) is 1.65. The molecule has 1 atom stereocenters. The number of rotatable bonds is 5. The second-order valence-electron chi connectivity index (χ2n) is 4.26. The van der Waals surface area contributed by atoms with Crippen molar-refractivity contribution in [3.8, 4) is 0 Å². The van der Waals surface area contributed by atoms with Gasteiger partial charge in [-0.15, -0.1) is 11.8 Å². The Morgan fingerprint density at radius 2 is 2.25 bits per heavy atom. The van der Waals surface area contributed by atoms with Crippen LogP contribution in [0.2, 0.25) is 5.02 Å². The van der Waals surface area contributed by atoms with Gasteiger partial charge in [0, 0.05) is 11.0 Å². The fraction of sp³-hybridized carbons (Fsp3) is 0.286. The average Bonchev–Trinajstić information content (AvgIpc) is 2.83. The van der Waals surface area contributed by atoms with Crippen LogP contribution in [0.5, 0.6) is 0 Å². The first-order chi connectivity index (χ1) is 9.60. The molecule has 0 spiro atoms. The van der Waals surface area contributed by atoms with Crippen LogP contribution < -0.4 is 5.32 Å². The second kappa shape index (κ2) is 6.81. The lowest BCUT2D eigenvalue weighted by atomic mass is 10.3. The normalized spacial score (nSPS) is 12.2. The summed E-state index contributed by atoms with van der Waals surface area (Å²) < 4.78 is 4.92. The Hall–Kier alpha value is -1.46. The van der Waals surface area contributed by atoms with Crippen LogP contribution in [0.25, 0.3) is 0 Å². The third-order valence-electron chi connectivity index (χ3n) is 2.65. The Bertz CT molecular complexity index is 600. The Labute approximate surface area is 126 Å². The number of aromatic nitrogens is 1. The summed E-state index contributed by atoms with van der Waals surface area (Å²) in [7, 11) is 0. The molecule has 2 rings (SSSR count). The van der Waals surface area contributed by atoms with Crippen molar-refractivity contribution < 1.29 is 9.32 Å². The number of hydrogen-bond donors (Lipinski definition) is 1. The van der Waals surface area contributed by atoms with Gasteiger partial charge in [-0.25, -0.2) is 0 Å². The summed E-state index contributed by atoms with van der Waals surface area (Å²) >= 11 is 7.56. The minimum Gasteiger partial charge on any atom is -0.360 e. The van der Waals surface area contributed by atoms with Gasteiger partial charge in [0.15, 0.2) is 5.82 Å². The Morgan fingerprint density at radius 3 is 2.85 bits per heavy atom. The van der Waals surface area contributed by atoms with Crippen LogP contribution in [0.3, 0.4) is 0 Å². The highest BCUT2D eigenvalue weighted by atomic mass is 35.5. The summed E-state index contributed by atoms with van der Waals surface area (Å²) in [5, 5.41) is 6.92. The summed E-state index contributed by atoms with van der Waals surface area (Å²) in [5.41, 5.74) is 0. The molecule has 0 aliphatic carbocycles. The van der Waals surface area contributed by atoms with Crippen molar-refractivity contribution in [3.63, 3.8) is 0 Å². The number of thioether (sulfide) groups is 1. The van der Waals surface area contributed by atoms with Crippen LogP contribution in [-0.4, -0.2) is 16.3 Å². The molecule has 1 aromatic heterocycles. The molecule has 0 saturated carbocycles. The number of benzene rings is 1. The molecule has 6 heteroatoms. The van der Waals surface area contributed by atoms with E-state index in [1.807, 2.05) is 31.2 Å². The zero-order chi connectivity index (χ0) is 14.5. The van der Waals surface area contributed by atoms with E-state index in [1.54, 1.807) is 13.0 Å². The number of amides is 1. The largest absolute Gasteiger partial charge is 0.360 e. The van der Waals surface area contributed by atoms with Gasteiger partial charge in [-0.2, -0.15) is 0 Å². The van der Waals surface area contributed by atoms with Gasteiger partial charge in [0.1, 0.15) is 5.76 Å². The number of aryl methyl sites for hydroxylation is 1. The molecule has 0 radical (unpaired) electrons. The second-order valence-corrected chi connectivity index (χ2v) is 5.91. The molecule has 4 nitrogen and oxygen atoms in total. The van der Waals surface area contributed by atoms with E-state index < -0.39 is 0 Å². The number of nitrogens with one attached hydrogen (secondary N) is 1. The third kappa shape index (κ3) is 3.77. The predicted molar refractivity (Wildman–Crippen MR) is 81.3 cm³/mol. The zero-order valence-corrected chi connectivity index (χ0v) is 12.8. The van der Waals surface area contributed by atoms with E-state index in [4.69, 9.17) is 16.1 Å². The van der Waals surface area contributed by atoms with E-state index in [1.165, 1.54) is 11.8 Å². The van der Waals surface area contributed by atoms with Crippen molar-refractivity contribution in [2.45, 2.75) is 30.4 Å². The summed E-state index contributed by atoms with van der Waals surface area (Å²) in [5.74, 6) is 0.989. The van der Waals surface area contributed by atoms with E-state index in [-0.39, 0.29) is 11.2 Å². The first kappa shape index (κ1) is 14.9. The average molecular weight is 311 g/mol. The summed E-state index contributed by atoms with van der Waals surface area (Å²) in [6, 6.07) is 9.18. The molecule has 0 saturated heterocycles. The molecule has 1 unspecified atom stereocenters. The lowest BCUT2D eigenvalue weighted by molar-refractivity contribution is -0.115. The smallest absolute Gasteiger partial charge is 0.239 e. The molecule has 1 heterocycles. The molecule has 1 aromatic carbocycles. The van der Waals surface area contributed by atoms with Crippen molar-refractivity contribution in [2.24, 2.45) is 0 Å². The summed E-state index contributed by atoms with van der Waals surface area (Å²) in [6.45, 7) is 3.74. The van der Waals surface area contributed by atoms with E-state index in [0.29, 0.717) is 23.0 Å². The Morgan fingerprint density at radius 1 is 1.50 bits per heavy atom. The summed E-state index contributed by atoms with van der Waals surface area (Å²) in [6.07, 6.45) is 0.693. The maximum Gasteiger partial charge on any atom is 0.239 e. The van der Waals surface area contributed by atoms with Crippen molar-refractivity contribution in [2.75, 3.05) is 5.32 Å². The number of carbonyl (C=O) groups excluding carboxylic acids is 1. The van der Waals surface area contributed by atoms with Crippen molar-refractivity contribution in [1.82, 2.24) is 5.16 Å². The van der Waals surface area contributed by atoms with Crippen LogP contribution in [0.15, 0.2) is 39.8 Å². The van der Waals surface area contributed by atoms with Crippen molar-refractivity contribution in [3.05, 3.63) is 41.1 Å². The van der Waals surface area contributed by atoms with Crippen LogP contribution in [-0.2, 0) is 4.79 Å². The predicted octanol–water partition coefficient (Wildman–Crippen LogP) is 4.15. The van der Waals surface area contributed by atoms with Crippen LogP contribution in [0.4, 0.5) is 5.82 Å². The van der Waals surface area contributed by atoms with E-state index in [2.05, 4.69) is 10.5 Å². The highest BCUT2D eigenvalue weighted by molar-refractivity contribution is 8.00. The lowest BCUT2D eigenvalue weighted by Gasteiger charge is -2.14. The Balaban J connectivity index is 2.04. The minimum atomic E-state index is -0.230. The number of anilines is 1. The maximum absolute atomic E-state index is 12.2. The summed E-state index contributed by atoms with van der Waals surface area (Å²) in [4.78, 5) is 13.1. The van der Waals surface area contributed by atoms with E-state index in [9.17, 15) is 4.79 Å². The van der Waals surface area contributed by atoms with Crippen molar-refractivity contribution in [1.29, 1.82) is 0 Å². The molecule has 1 amide bonds. The van der Waals surface area contributed by atoms with Gasteiger partial charge in [0.2, 0.25) is 5.91 Å². The van der Waals surface area contributed by atoms with Gasteiger partial charge in [0.05, 0.1) is 10.3 Å². The molecule has 0 aliphatic heterocycles. The molecular weight excluding hydrogens is 296 g/mol. The highest BCUT2D eigenvalue weighted by Gasteiger charge is 2.20. The Kier molecular flexibility index (Phi) is 5.09. The third-order valence-corrected chi connectivity index (χ3v) is 4.53. The van der Waals surface area contributed by atoms with Gasteiger partial charge in [0.25, 0.3) is 0 Å². The first-order valence-electron chi connectivity index (χ1n) is 6.25. The van der Waals surface area contributed by atoms with Gasteiger partial charge in [-0.3, -0.25) is 4.79 Å². The maximum atomic E-state index is 12.2. The number of carbonyl (C=O) groups is 1. The highest BCUT2D eigenvalue weighted by Crippen LogP contribution is 2.31. The minimum absolute atomic E-state index is 0.106. The zero-order valence-electron chi connectivity index (χ0n) is 11.2. The van der Waals surface area contributed by atoms with E-state index in [0.717, 1.165) is 4.90 Å². The SMILES string of the molecule is CCC(Sc1ccccc1Cl)C(=O)Nc1cc(C)on1. The number of hydrogen-bond acceptors (Lipinski definition) is 4. The molecule has 2 aromatic rings. The standard InChI is InChI=1S/C14H15ClN2O2S/c1-3-11(20-12-7-5-4-6-10(12)15)14(18)16-13-8-9(2)19-17-13/h4-8,11H,3H2,1-2H3,(H,16,17,18). The van der Waals surface area contributed by atoms with Crippen LogP contribution >= 0.6 is 23.4 Å². The molecule has 20 heavy (non-hydrogen) atoms. The lowest BCUT2D eigenvalue weighted by Crippen LogP contribution is -2.24. The van der Waals surface area contributed by atoms with Crippen LogP contribution in [0.1, 0.15) is 19.1 Å².